The Morgan fingerprint density at radius 1 is 1.50 bits per heavy atom. The van der Waals surface area contributed by atoms with Crippen molar-refractivity contribution in [3.8, 4) is 0 Å². The van der Waals surface area contributed by atoms with Crippen LogP contribution in [0.1, 0.15) is 19.0 Å². The molecule has 4 nitrogen and oxygen atoms in total. The zero-order chi connectivity index (χ0) is 10.4. The molecule has 0 saturated heterocycles. The Balaban J connectivity index is 2.68. The van der Waals surface area contributed by atoms with Gasteiger partial charge in [-0.05, 0) is 32.9 Å². The SMILES string of the molecule is CCN(CCCN)c1nccc(C)n1. The van der Waals surface area contributed by atoms with Crippen molar-refractivity contribution >= 4 is 5.95 Å². The van der Waals surface area contributed by atoms with Gasteiger partial charge in [-0.3, -0.25) is 0 Å². The monoisotopic (exact) mass is 194 g/mol. The van der Waals surface area contributed by atoms with Gasteiger partial charge in [0.25, 0.3) is 0 Å². The van der Waals surface area contributed by atoms with Crippen molar-refractivity contribution in [2.75, 3.05) is 24.5 Å². The molecule has 0 spiro atoms. The van der Waals surface area contributed by atoms with Gasteiger partial charge in [-0.15, -0.1) is 0 Å². The molecule has 0 saturated carbocycles. The van der Waals surface area contributed by atoms with E-state index in [9.17, 15) is 0 Å². The second-order valence-corrected chi connectivity index (χ2v) is 3.22. The number of hydrogen-bond acceptors (Lipinski definition) is 4. The molecule has 1 aromatic rings. The molecule has 0 amide bonds. The van der Waals surface area contributed by atoms with Gasteiger partial charge >= 0.3 is 0 Å². The van der Waals surface area contributed by atoms with Crippen molar-refractivity contribution < 1.29 is 0 Å². The molecule has 0 aliphatic rings. The quantitative estimate of drug-likeness (QED) is 0.758. The first-order valence-corrected chi connectivity index (χ1v) is 5.02. The lowest BCUT2D eigenvalue weighted by Crippen LogP contribution is -2.27. The molecule has 4 heteroatoms. The zero-order valence-corrected chi connectivity index (χ0v) is 8.90. The highest BCUT2D eigenvalue weighted by Crippen LogP contribution is 2.06. The van der Waals surface area contributed by atoms with Crippen LogP contribution in [0.3, 0.4) is 0 Å². The smallest absolute Gasteiger partial charge is 0.225 e. The fourth-order valence-electron chi connectivity index (χ4n) is 1.27. The van der Waals surface area contributed by atoms with Crippen molar-refractivity contribution in [2.24, 2.45) is 5.73 Å². The Morgan fingerprint density at radius 2 is 2.29 bits per heavy atom. The van der Waals surface area contributed by atoms with Crippen LogP contribution in [0.4, 0.5) is 5.95 Å². The third kappa shape index (κ3) is 2.96. The zero-order valence-electron chi connectivity index (χ0n) is 8.90. The molecule has 14 heavy (non-hydrogen) atoms. The van der Waals surface area contributed by atoms with E-state index >= 15 is 0 Å². The maximum absolute atomic E-state index is 5.47. The van der Waals surface area contributed by atoms with Gasteiger partial charge in [0.1, 0.15) is 0 Å². The Labute approximate surface area is 85.2 Å². The lowest BCUT2D eigenvalue weighted by Gasteiger charge is -2.20. The van der Waals surface area contributed by atoms with Gasteiger partial charge in [-0.1, -0.05) is 0 Å². The molecule has 1 heterocycles. The Kier molecular flexibility index (Phi) is 4.32. The molecule has 1 rings (SSSR count). The summed E-state index contributed by atoms with van der Waals surface area (Å²) in [5, 5.41) is 0. The fourth-order valence-corrected chi connectivity index (χ4v) is 1.27. The highest BCUT2D eigenvalue weighted by Gasteiger charge is 2.05. The summed E-state index contributed by atoms with van der Waals surface area (Å²) >= 11 is 0. The van der Waals surface area contributed by atoms with E-state index in [1.807, 2.05) is 13.0 Å². The van der Waals surface area contributed by atoms with Crippen molar-refractivity contribution in [1.29, 1.82) is 0 Å². The molecule has 0 aliphatic heterocycles. The number of rotatable bonds is 5. The second-order valence-electron chi connectivity index (χ2n) is 3.22. The summed E-state index contributed by atoms with van der Waals surface area (Å²) in [6.45, 7) is 6.63. The average Bonchev–Trinajstić information content (AvgIpc) is 2.19. The lowest BCUT2D eigenvalue weighted by atomic mass is 10.4. The Hall–Kier alpha value is -1.16. The highest BCUT2D eigenvalue weighted by molar-refractivity contribution is 5.29. The molecule has 0 unspecified atom stereocenters. The summed E-state index contributed by atoms with van der Waals surface area (Å²) in [6.07, 6.45) is 2.77. The van der Waals surface area contributed by atoms with Gasteiger partial charge in [0, 0.05) is 25.0 Å². The van der Waals surface area contributed by atoms with Gasteiger partial charge in [-0.25, -0.2) is 9.97 Å². The van der Waals surface area contributed by atoms with E-state index < -0.39 is 0 Å². The average molecular weight is 194 g/mol. The number of anilines is 1. The van der Waals surface area contributed by atoms with Gasteiger partial charge < -0.3 is 10.6 Å². The van der Waals surface area contributed by atoms with Crippen LogP contribution in [0, 0.1) is 6.92 Å². The van der Waals surface area contributed by atoms with Gasteiger partial charge in [0.05, 0.1) is 0 Å². The third-order valence-corrected chi connectivity index (χ3v) is 2.08. The van der Waals surface area contributed by atoms with Gasteiger partial charge in [-0.2, -0.15) is 0 Å². The van der Waals surface area contributed by atoms with Crippen molar-refractivity contribution in [2.45, 2.75) is 20.3 Å². The van der Waals surface area contributed by atoms with Crippen LogP contribution >= 0.6 is 0 Å². The minimum Gasteiger partial charge on any atom is -0.341 e. The van der Waals surface area contributed by atoms with E-state index in [1.165, 1.54) is 0 Å². The van der Waals surface area contributed by atoms with Crippen LogP contribution < -0.4 is 10.6 Å². The summed E-state index contributed by atoms with van der Waals surface area (Å²) in [5.41, 5.74) is 6.47. The molecule has 0 aliphatic carbocycles. The van der Waals surface area contributed by atoms with Crippen molar-refractivity contribution in [3.05, 3.63) is 18.0 Å². The van der Waals surface area contributed by atoms with Crippen LogP contribution in [0.25, 0.3) is 0 Å². The summed E-state index contributed by atoms with van der Waals surface area (Å²) in [7, 11) is 0. The van der Waals surface area contributed by atoms with Gasteiger partial charge in [0.2, 0.25) is 5.95 Å². The molecule has 0 fully saturated rings. The predicted octanol–water partition coefficient (Wildman–Crippen LogP) is 0.960. The Bertz CT molecular complexity index is 275. The minimum atomic E-state index is 0.711. The molecule has 0 aromatic carbocycles. The predicted molar refractivity (Wildman–Crippen MR) is 58.3 cm³/mol. The van der Waals surface area contributed by atoms with Gasteiger partial charge in [0.15, 0.2) is 0 Å². The number of nitrogens with two attached hydrogens (primary N) is 1. The first kappa shape index (κ1) is 10.9. The largest absolute Gasteiger partial charge is 0.341 e. The van der Waals surface area contributed by atoms with E-state index in [1.54, 1.807) is 6.20 Å². The van der Waals surface area contributed by atoms with E-state index in [2.05, 4.69) is 21.8 Å². The first-order chi connectivity index (χ1) is 6.77. The topological polar surface area (TPSA) is 55.0 Å². The standard InChI is InChI=1S/C10H18N4/c1-3-14(8-4-6-11)10-12-7-5-9(2)13-10/h5,7H,3-4,6,8,11H2,1-2H3. The number of nitrogens with zero attached hydrogens (tertiary/aromatic N) is 3. The molecule has 0 atom stereocenters. The van der Waals surface area contributed by atoms with Crippen LogP contribution in [-0.2, 0) is 0 Å². The lowest BCUT2D eigenvalue weighted by molar-refractivity contribution is 0.731. The molecular formula is C10H18N4. The van der Waals surface area contributed by atoms with E-state index in [-0.39, 0.29) is 0 Å². The minimum absolute atomic E-state index is 0.711. The van der Waals surface area contributed by atoms with E-state index in [0.717, 1.165) is 31.2 Å². The highest BCUT2D eigenvalue weighted by atomic mass is 15.2. The third-order valence-electron chi connectivity index (χ3n) is 2.08. The summed E-state index contributed by atoms with van der Waals surface area (Å²) in [5.74, 6) is 0.806. The maximum atomic E-state index is 5.47. The molecule has 0 bridgehead atoms. The van der Waals surface area contributed by atoms with Crippen LogP contribution in [0.5, 0.6) is 0 Å². The fraction of sp³-hybridized carbons (Fsp3) is 0.600. The number of aryl methyl sites for hydroxylation is 1. The summed E-state index contributed by atoms with van der Waals surface area (Å²) in [6, 6.07) is 1.90. The second kappa shape index (κ2) is 5.54. The summed E-state index contributed by atoms with van der Waals surface area (Å²) < 4.78 is 0. The molecule has 78 valence electrons. The maximum Gasteiger partial charge on any atom is 0.225 e. The van der Waals surface area contributed by atoms with Crippen LogP contribution in [-0.4, -0.2) is 29.6 Å². The Morgan fingerprint density at radius 3 is 2.86 bits per heavy atom. The number of hydrogen-bond donors (Lipinski definition) is 1. The van der Waals surface area contributed by atoms with Crippen LogP contribution in [0.2, 0.25) is 0 Å². The normalized spacial score (nSPS) is 10.2. The molecule has 2 N–H and O–H groups in total. The van der Waals surface area contributed by atoms with Crippen molar-refractivity contribution in [1.82, 2.24) is 9.97 Å². The molecule has 1 aromatic heterocycles. The first-order valence-electron chi connectivity index (χ1n) is 5.02. The van der Waals surface area contributed by atoms with E-state index in [4.69, 9.17) is 5.73 Å². The molecular weight excluding hydrogens is 176 g/mol. The van der Waals surface area contributed by atoms with Crippen LogP contribution in [0.15, 0.2) is 12.3 Å². The summed E-state index contributed by atoms with van der Waals surface area (Å²) in [4.78, 5) is 10.7. The molecule has 0 radical (unpaired) electrons. The number of aromatic nitrogens is 2. The van der Waals surface area contributed by atoms with Crippen molar-refractivity contribution in [3.63, 3.8) is 0 Å². The van der Waals surface area contributed by atoms with E-state index in [0.29, 0.717) is 6.54 Å².